The Hall–Kier alpha value is -2.07. The Balaban J connectivity index is 3.44. The molecule has 0 aliphatic heterocycles. The highest BCUT2D eigenvalue weighted by molar-refractivity contribution is 7.81. The van der Waals surface area contributed by atoms with Crippen molar-refractivity contribution in [2.45, 2.75) is 6.92 Å². The highest BCUT2D eigenvalue weighted by Crippen LogP contribution is 2.26. The quantitative estimate of drug-likeness (QED) is 0.472. The Morgan fingerprint density at radius 2 is 2.06 bits per heavy atom. The molecule has 0 aliphatic rings. The molecule has 0 amide bonds. The summed E-state index contributed by atoms with van der Waals surface area (Å²) in [6.07, 6.45) is 5.14. The third-order valence-corrected chi connectivity index (χ3v) is 2.50. The Morgan fingerprint density at radius 1 is 1.44 bits per heavy atom. The van der Waals surface area contributed by atoms with E-state index in [0.717, 1.165) is 13.2 Å². The summed E-state index contributed by atoms with van der Waals surface area (Å²) in [6.45, 7) is 1.38. The predicted octanol–water partition coefficient (Wildman–Crippen LogP) is 1.36. The highest BCUT2D eigenvalue weighted by atomic mass is 32.3. The van der Waals surface area contributed by atoms with Crippen LogP contribution in [-0.4, -0.2) is 21.5 Å². The van der Waals surface area contributed by atoms with Gasteiger partial charge in [0, 0.05) is 11.1 Å². The first-order valence-corrected chi connectivity index (χ1v) is 5.93. The van der Waals surface area contributed by atoms with Gasteiger partial charge in [0.15, 0.2) is 0 Å². The van der Waals surface area contributed by atoms with Crippen molar-refractivity contribution in [3.8, 4) is 18.1 Å². The first kappa shape index (κ1) is 14.0. The number of ether oxygens (including phenoxy) is 1. The largest absolute Gasteiger partial charge is 0.488 e. The number of hydrogen-bond acceptors (Lipinski definition) is 5. The number of methoxy groups -OCH3 is 1. The summed E-state index contributed by atoms with van der Waals surface area (Å²) in [7, 11) is -4.04. The molecule has 0 saturated heterocycles. The summed E-state index contributed by atoms with van der Waals surface area (Å²) in [4.78, 5) is 11.4. The smallest absolute Gasteiger partial charge is 0.465 e. The lowest BCUT2D eigenvalue weighted by Crippen LogP contribution is -2.08. The molecule has 1 aromatic rings. The first-order chi connectivity index (χ1) is 8.28. The molecule has 0 unspecified atom stereocenters. The number of benzene rings is 1. The van der Waals surface area contributed by atoms with E-state index in [4.69, 9.17) is 6.42 Å². The van der Waals surface area contributed by atoms with E-state index in [-0.39, 0.29) is 22.4 Å². The number of rotatable bonds is 3. The fourth-order valence-electron chi connectivity index (χ4n) is 1.29. The highest BCUT2D eigenvalue weighted by Gasteiger charge is 2.19. The van der Waals surface area contributed by atoms with Gasteiger partial charge in [-0.3, -0.25) is 0 Å². The third-order valence-electron chi connectivity index (χ3n) is 2.12. The molecule has 0 aliphatic carbocycles. The Morgan fingerprint density at radius 3 is 2.50 bits per heavy atom. The zero-order valence-corrected chi connectivity index (χ0v) is 10.4. The fraction of sp³-hybridized carbons (Fsp3) is 0.182. The zero-order chi connectivity index (χ0) is 13.9. The summed E-state index contributed by atoms with van der Waals surface area (Å²) in [5.41, 5.74) is 0.285. The molecule has 18 heavy (non-hydrogen) atoms. The van der Waals surface area contributed by atoms with Crippen molar-refractivity contribution in [3.63, 3.8) is 0 Å². The van der Waals surface area contributed by atoms with Crippen molar-refractivity contribution in [1.82, 2.24) is 0 Å². The van der Waals surface area contributed by atoms with Gasteiger partial charge in [-0.05, 0) is 19.1 Å². The number of carbonyl (C=O) groups is 1. The summed E-state index contributed by atoms with van der Waals surface area (Å²) in [5, 5.41) is 0. The molecular weight excluding hydrogens is 263 g/mol. The lowest BCUT2D eigenvalue weighted by atomic mass is 10.0. The standard InChI is InChI=1S/C11H9FO5S/c1-4-8-5-9(11(13)16-3)7(2)10(6-8)17-18(12,14)15/h1,5-6H,2-3H3. The molecule has 1 rings (SSSR count). The molecule has 0 spiro atoms. The van der Waals surface area contributed by atoms with Crippen LogP contribution in [-0.2, 0) is 15.2 Å². The van der Waals surface area contributed by atoms with Crippen LogP contribution >= 0.6 is 0 Å². The van der Waals surface area contributed by atoms with Gasteiger partial charge in [0.1, 0.15) is 5.75 Å². The second-order valence-electron chi connectivity index (χ2n) is 3.26. The van der Waals surface area contributed by atoms with E-state index in [2.05, 4.69) is 14.8 Å². The zero-order valence-electron chi connectivity index (χ0n) is 9.56. The van der Waals surface area contributed by atoms with Crippen molar-refractivity contribution in [1.29, 1.82) is 0 Å². The summed E-state index contributed by atoms with van der Waals surface area (Å²) in [6, 6.07) is 2.46. The molecule has 1 aromatic carbocycles. The van der Waals surface area contributed by atoms with E-state index in [1.165, 1.54) is 13.0 Å². The van der Waals surface area contributed by atoms with Crippen molar-refractivity contribution in [2.75, 3.05) is 7.11 Å². The van der Waals surface area contributed by atoms with Crippen LogP contribution in [0.4, 0.5) is 3.89 Å². The van der Waals surface area contributed by atoms with Crippen LogP contribution in [0.25, 0.3) is 0 Å². The summed E-state index contributed by atoms with van der Waals surface area (Å²) in [5.74, 6) is 1.11. The second-order valence-corrected chi connectivity index (χ2v) is 4.21. The van der Waals surface area contributed by atoms with Crippen LogP contribution in [0.3, 0.4) is 0 Å². The van der Waals surface area contributed by atoms with Gasteiger partial charge in [0.2, 0.25) is 0 Å². The molecule has 0 aromatic heterocycles. The monoisotopic (exact) mass is 272 g/mol. The van der Waals surface area contributed by atoms with E-state index >= 15 is 0 Å². The molecular formula is C11H9FO5S. The maximum absolute atomic E-state index is 12.5. The average Bonchev–Trinajstić information content (AvgIpc) is 2.29. The topological polar surface area (TPSA) is 69.7 Å². The minimum Gasteiger partial charge on any atom is -0.465 e. The van der Waals surface area contributed by atoms with Crippen molar-refractivity contribution < 1.29 is 26.0 Å². The van der Waals surface area contributed by atoms with Crippen molar-refractivity contribution in [3.05, 3.63) is 28.8 Å². The van der Waals surface area contributed by atoms with Crippen LogP contribution in [0.2, 0.25) is 0 Å². The average molecular weight is 272 g/mol. The van der Waals surface area contributed by atoms with Crippen LogP contribution in [0, 0.1) is 19.3 Å². The van der Waals surface area contributed by atoms with Gasteiger partial charge < -0.3 is 8.92 Å². The Kier molecular flexibility index (Phi) is 3.93. The predicted molar refractivity (Wildman–Crippen MR) is 61.1 cm³/mol. The SMILES string of the molecule is C#Cc1cc(OS(=O)(=O)F)c(C)c(C(=O)OC)c1. The van der Waals surface area contributed by atoms with E-state index in [1.807, 2.05) is 0 Å². The Labute approximate surface area is 104 Å². The molecule has 0 radical (unpaired) electrons. The first-order valence-electron chi connectivity index (χ1n) is 4.62. The van der Waals surface area contributed by atoms with Crippen molar-refractivity contribution in [2.24, 2.45) is 0 Å². The number of hydrogen-bond donors (Lipinski definition) is 0. The molecule has 0 fully saturated rings. The normalized spacial score (nSPS) is 10.6. The van der Waals surface area contributed by atoms with Gasteiger partial charge in [-0.15, -0.1) is 6.42 Å². The molecule has 0 atom stereocenters. The van der Waals surface area contributed by atoms with Crippen LogP contribution in [0.1, 0.15) is 21.5 Å². The molecule has 0 saturated carbocycles. The molecule has 0 bridgehead atoms. The number of terminal acetylenes is 1. The van der Waals surface area contributed by atoms with Gasteiger partial charge >= 0.3 is 16.5 Å². The molecule has 96 valence electrons. The molecule has 5 nitrogen and oxygen atoms in total. The fourth-order valence-corrected chi connectivity index (χ4v) is 1.67. The molecule has 0 N–H and O–H groups in total. The minimum atomic E-state index is -5.19. The summed E-state index contributed by atoms with van der Waals surface area (Å²) >= 11 is 0. The van der Waals surface area contributed by atoms with E-state index in [9.17, 15) is 17.1 Å². The van der Waals surface area contributed by atoms with E-state index in [1.54, 1.807) is 0 Å². The number of carbonyl (C=O) groups excluding carboxylic acids is 1. The molecule has 7 heteroatoms. The van der Waals surface area contributed by atoms with Gasteiger partial charge in [0.25, 0.3) is 0 Å². The second kappa shape index (κ2) is 5.06. The van der Waals surface area contributed by atoms with Gasteiger partial charge in [0.05, 0.1) is 12.7 Å². The lowest BCUT2D eigenvalue weighted by molar-refractivity contribution is 0.0599. The van der Waals surface area contributed by atoms with Gasteiger partial charge in [-0.2, -0.15) is 8.42 Å². The number of esters is 1. The summed E-state index contributed by atoms with van der Waals surface area (Å²) < 4.78 is 42.0. The van der Waals surface area contributed by atoms with Crippen LogP contribution in [0.5, 0.6) is 5.75 Å². The van der Waals surface area contributed by atoms with Gasteiger partial charge in [-0.1, -0.05) is 9.81 Å². The maximum Gasteiger partial charge on any atom is 0.488 e. The maximum atomic E-state index is 12.5. The third kappa shape index (κ3) is 3.21. The van der Waals surface area contributed by atoms with Crippen LogP contribution < -0.4 is 4.18 Å². The van der Waals surface area contributed by atoms with Gasteiger partial charge in [-0.25, -0.2) is 4.79 Å². The minimum absolute atomic E-state index is 0.00611. The molecule has 0 heterocycles. The van der Waals surface area contributed by atoms with E-state index < -0.39 is 16.5 Å². The number of halogens is 1. The Bertz CT molecular complexity index is 628. The van der Waals surface area contributed by atoms with Crippen LogP contribution in [0.15, 0.2) is 12.1 Å². The van der Waals surface area contributed by atoms with Crippen molar-refractivity contribution >= 4 is 16.5 Å². The lowest BCUT2D eigenvalue weighted by Gasteiger charge is -2.09. The van der Waals surface area contributed by atoms with E-state index in [0.29, 0.717) is 0 Å².